The zero-order valence-electron chi connectivity index (χ0n) is 9.22. The average Bonchev–Trinajstić information content (AvgIpc) is 2.16. The Balaban J connectivity index is 0.00000225. The summed E-state index contributed by atoms with van der Waals surface area (Å²) in [6.07, 6.45) is -0.531. The van der Waals surface area contributed by atoms with Crippen LogP contribution >= 0.6 is 11.8 Å². The molecule has 0 bridgehead atoms. The van der Waals surface area contributed by atoms with Crippen molar-refractivity contribution in [2.24, 2.45) is 0 Å². The van der Waals surface area contributed by atoms with Crippen LogP contribution < -0.4 is 29.6 Å². The van der Waals surface area contributed by atoms with Crippen LogP contribution in [-0.2, 0) is 11.2 Å². The van der Waals surface area contributed by atoms with Crippen molar-refractivity contribution < 1.29 is 44.6 Å². The molecule has 0 fully saturated rings. The zero-order chi connectivity index (χ0) is 11.3. The first-order valence-electron chi connectivity index (χ1n) is 4.52. The monoisotopic (exact) mass is 248 g/mol. The number of aliphatic hydroxyl groups is 1. The molecule has 1 aromatic rings. The van der Waals surface area contributed by atoms with Gasteiger partial charge in [-0.2, -0.15) is 0 Å². The molecular weight excluding hydrogens is 235 g/mol. The minimum Gasteiger partial charge on any atom is -0.481 e. The third kappa shape index (κ3) is 6.55. The zero-order valence-corrected chi connectivity index (χ0v) is 12.0. The van der Waals surface area contributed by atoms with E-state index in [1.54, 1.807) is 12.1 Å². The first kappa shape index (κ1) is 16.0. The number of carboxylic acids is 1. The number of hydrogen-bond donors (Lipinski definition) is 2. The van der Waals surface area contributed by atoms with Gasteiger partial charge >= 0.3 is 35.5 Å². The van der Waals surface area contributed by atoms with Gasteiger partial charge < -0.3 is 17.1 Å². The van der Waals surface area contributed by atoms with E-state index in [9.17, 15) is 4.79 Å². The second-order valence-electron chi connectivity index (χ2n) is 3.18. The Labute approximate surface area is 122 Å². The molecule has 1 rings (SSSR count). The van der Waals surface area contributed by atoms with Gasteiger partial charge in [0, 0.05) is 4.90 Å². The summed E-state index contributed by atoms with van der Waals surface area (Å²) in [6.45, 7) is 3.47. The summed E-state index contributed by atoms with van der Waals surface area (Å²) in [5.74, 6) is -0.290. The number of benzene rings is 1. The molecule has 1 atom stereocenters. The predicted octanol–water partition coefficient (Wildman–Crippen LogP) is -1.40. The first-order valence-corrected chi connectivity index (χ1v) is 5.51. The van der Waals surface area contributed by atoms with Crippen molar-refractivity contribution in [3.05, 3.63) is 36.8 Å². The molecule has 3 nitrogen and oxygen atoms in total. The number of carbonyl (C=O) groups is 1. The predicted molar refractivity (Wildman–Crippen MR) is 59.9 cm³/mol. The van der Waals surface area contributed by atoms with Crippen LogP contribution in [0.25, 0.3) is 0 Å². The van der Waals surface area contributed by atoms with Gasteiger partial charge in [0.2, 0.25) is 0 Å². The molecular formula is C11H13NaO3S. The van der Waals surface area contributed by atoms with Crippen molar-refractivity contribution in [1.29, 1.82) is 0 Å². The number of aliphatic carboxylic acids is 1. The van der Waals surface area contributed by atoms with Crippen molar-refractivity contribution in [3.63, 3.8) is 0 Å². The maximum atomic E-state index is 10.4. The topological polar surface area (TPSA) is 57.5 Å². The molecule has 16 heavy (non-hydrogen) atoms. The third-order valence-electron chi connectivity index (χ3n) is 1.72. The van der Waals surface area contributed by atoms with Crippen molar-refractivity contribution in [2.45, 2.75) is 17.4 Å². The van der Waals surface area contributed by atoms with Gasteiger partial charge in [-0.1, -0.05) is 18.2 Å². The third-order valence-corrected chi connectivity index (χ3v) is 2.88. The normalized spacial score (nSPS) is 11.6. The summed E-state index contributed by atoms with van der Waals surface area (Å²) in [7, 11) is 0. The van der Waals surface area contributed by atoms with E-state index in [4.69, 9.17) is 10.2 Å². The van der Waals surface area contributed by atoms with E-state index in [2.05, 4.69) is 6.92 Å². The number of aliphatic hydroxyl groups excluding tert-OH is 1. The largest absolute Gasteiger partial charge is 1.00 e. The summed E-state index contributed by atoms with van der Waals surface area (Å²) >= 11 is 1.50. The van der Waals surface area contributed by atoms with Crippen LogP contribution in [0, 0.1) is 6.92 Å². The second-order valence-corrected chi connectivity index (χ2v) is 4.27. The van der Waals surface area contributed by atoms with Crippen molar-refractivity contribution in [3.8, 4) is 0 Å². The minimum absolute atomic E-state index is 0. The molecule has 0 spiro atoms. The van der Waals surface area contributed by atoms with Crippen LogP contribution in [0.5, 0.6) is 0 Å². The fourth-order valence-electron chi connectivity index (χ4n) is 1.07. The quantitative estimate of drug-likeness (QED) is 0.382. The molecule has 0 saturated heterocycles. The second kappa shape index (κ2) is 8.14. The van der Waals surface area contributed by atoms with Gasteiger partial charge in [0.1, 0.15) is 0 Å². The fourth-order valence-corrected chi connectivity index (χ4v) is 1.78. The van der Waals surface area contributed by atoms with E-state index in [0.29, 0.717) is 5.75 Å². The summed E-state index contributed by atoms with van der Waals surface area (Å²) in [5, 5.41) is 17.5. The number of carboxylic acid groups (broad SMARTS) is 1. The van der Waals surface area contributed by atoms with Gasteiger partial charge in [0.15, 0.2) is 0 Å². The Bertz CT molecular complexity index is 325. The van der Waals surface area contributed by atoms with Crippen molar-refractivity contribution >= 4 is 17.7 Å². The summed E-state index contributed by atoms with van der Waals surface area (Å²) in [5.41, 5.74) is 0.780. The molecule has 1 unspecified atom stereocenters. The number of hydrogen-bond acceptors (Lipinski definition) is 3. The van der Waals surface area contributed by atoms with Gasteiger partial charge in [-0.25, -0.2) is 0 Å². The van der Waals surface area contributed by atoms with Crippen LogP contribution in [-0.4, -0.2) is 28.0 Å². The Morgan fingerprint density at radius 1 is 1.38 bits per heavy atom. The molecule has 0 saturated carbocycles. The van der Waals surface area contributed by atoms with Crippen molar-refractivity contribution in [2.75, 3.05) is 5.75 Å². The van der Waals surface area contributed by atoms with E-state index < -0.39 is 12.1 Å². The van der Waals surface area contributed by atoms with E-state index in [1.807, 2.05) is 12.1 Å². The molecule has 0 amide bonds. The standard InChI is InChI=1S/C11H13O3S.Na/c1-8(12)7-15-10-4-2-9(3-5-10)6-11(13)14;/h2-5,8,12H,1,6-7H2,(H,13,14);/q-1;+1. The molecule has 0 heterocycles. The van der Waals surface area contributed by atoms with E-state index >= 15 is 0 Å². The first-order chi connectivity index (χ1) is 7.08. The Morgan fingerprint density at radius 3 is 2.38 bits per heavy atom. The molecule has 0 aromatic heterocycles. The molecule has 0 aliphatic carbocycles. The SMILES string of the molecule is [CH2-]C(O)CSc1ccc(CC(=O)O)cc1.[Na+]. The fraction of sp³-hybridized carbons (Fsp3) is 0.273. The Kier molecular flexibility index (Phi) is 8.14. The molecule has 2 N–H and O–H groups in total. The van der Waals surface area contributed by atoms with Crippen LogP contribution in [0.15, 0.2) is 29.2 Å². The maximum Gasteiger partial charge on any atom is 1.00 e. The molecule has 0 aliphatic rings. The Hall–Kier alpha value is 0. The molecule has 82 valence electrons. The molecule has 0 radical (unpaired) electrons. The van der Waals surface area contributed by atoms with Crippen molar-refractivity contribution in [1.82, 2.24) is 0 Å². The van der Waals surface area contributed by atoms with Gasteiger partial charge in [-0.15, -0.1) is 11.8 Å². The van der Waals surface area contributed by atoms with Gasteiger partial charge in [-0.05, 0) is 23.4 Å². The molecule has 5 heteroatoms. The molecule has 0 aliphatic heterocycles. The molecule has 1 aromatic carbocycles. The van der Waals surface area contributed by atoms with Gasteiger partial charge in [-0.3, -0.25) is 4.79 Å². The minimum atomic E-state index is -0.830. The van der Waals surface area contributed by atoms with Crippen LogP contribution in [0.1, 0.15) is 5.56 Å². The average molecular weight is 248 g/mol. The van der Waals surface area contributed by atoms with Gasteiger partial charge in [0.25, 0.3) is 0 Å². The number of rotatable bonds is 5. The van der Waals surface area contributed by atoms with Crippen LogP contribution in [0.3, 0.4) is 0 Å². The van der Waals surface area contributed by atoms with Crippen LogP contribution in [0.4, 0.5) is 0 Å². The van der Waals surface area contributed by atoms with E-state index in [0.717, 1.165) is 10.5 Å². The van der Waals surface area contributed by atoms with Crippen LogP contribution in [0.2, 0.25) is 0 Å². The van der Waals surface area contributed by atoms with E-state index in [1.165, 1.54) is 11.8 Å². The summed E-state index contributed by atoms with van der Waals surface area (Å²) in [6, 6.07) is 7.27. The summed E-state index contributed by atoms with van der Waals surface area (Å²) in [4.78, 5) is 11.4. The smallest absolute Gasteiger partial charge is 0.481 e. The Morgan fingerprint density at radius 2 is 1.94 bits per heavy atom. The number of thioether (sulfide) groups is 1. The summed E-state index contributed by atoms with van der Waals surface area (Å²) < 4.78 is 0. The van der Waals surface area contributed by atoms with E-state index in [-0.39, 0.29) is 36.0 Å². The van der Waals surface area contributed by atoms with Gasteiger partial charge in [0.05, 0.1) is 6.42 Å². The maximum absolute atomic E-state index is 10.4.